The van der Waals surface area contributed by atoms with Gasteiger partial charge in [0, 0.05) is 32.3 Å². The third-order valence-corrected chi connectivity index (χ3v) is 4.77. The van der Waals surface area contributed by atoms with Crippen LogP contribution in [0.3, 0.4) is 0 Å². The molecule has 2 aromatic carbocycles. The lowest BCUT2D eigenvalue weighted by Crippen LogP contribution is -2.36. The number of benzene rings is 2. The van der Waals surface area contributed by atoms with Crippen molar-refractivity contribution < 1.29 is 23.7 Å². The van der Waals surface area contributed by atoms with Gasteiger partial charge in [0.1, 0.15) is 12.4 Å². The third-order valence-electron chi connectivity index (χ3n) is 4.77. The highest BCUT2D eigenvalue weighted by Gasteiger charge is 2.13. The SMILES string of the molecule is CCOCCOc1cc(C)ccc1CNC(=NC)NCc1cc(OC)c(OC)c(OC)c1.I. The predicted octanol–water partition coefficient (Wildman–Crippen LogP) is 3.92. The molecule has 0 aliphatic carbocycles. The van der Waals surface area contributed by atoms with Crippen molar-refractivity contribution in [1.82, 2.24) is 10.6 Å². The summed E-state index contributed by atoms with van der Waals surface area (Å²) in [5, 5.41) is 6.65. The van der Waals surface area contributed by atoms with E-state index in [0.717, 1.165) is 22.4 Å². The van der Waals surface area contributed by atoms with Gasteiger partial charge >= 0.3 is 0 Å². The fourth-order valence-electron chi connectivity index (χ4n) is 3.12. The fourth-order valence-corrected chi connectivity index (χ4v) is 3.12. The van der Waals surface area contributed by atoms with Gasteiger partial charge in [-0.2, -0.15) is 0 Å². The lowest BCUT2D eigenvalue weighted by Gasteiger charge is -2.17. The summed E-state index contributed by atoms with van der Waals surface area (Å²) in [6, 6.07) is 9.98. The second kappa shape index (κ2) is 15.4. The summed E-state index contributed by atoms with van der Waals surface area (Å²) in [4.78, 5) is 4.32. The van der Waals surface area contributed by atoms with E-state index >= 15 is 0 Å². The molecule has 2 N–H and O–H groups in total. The highest BCUT2D eigenvalue weighted by molar-refractivity contribution is 14.0. The van der Waals surface area contributed by atoms with Crippen LogP contribution in [-0.2, 0) is 17.8 Å². The molecule has 2 rings (SSSR count). The molecule has 0 spiro atoms. The average Bonchev–Trinajstić information content (AvgIpc) is 2.82. The minimum absolute atomic E-state index is 0. The van der Waals surface area contributed by atoms with E-state index in [1.54, 1.807) is 28.4 Å². The Hall–Kier alpha value is -2.40. The summed E-state index contributed by atoms with van der Waals surface area (Å²) in [5.74, 6) is 3.30. The van der Waals surface area contributed by atoms with E-state index in [0.29, 0.717) is 56.1 Å². The van der Waals surface area contributed by atoms with Crippen LogP contribution in [0, 0.1) is 6.92 Å². The first kappa shape index (κ1) is 28.6. The van der Waals surface area contributed by atoms with Gasteiger partial charge in [-0.1, -0.05) is 12.1 Å². The molecule has 0 saturated heterocycles. The normalized spacial score (nSPS) is 10.8. The van der Waals surface area contributed by atoms with Crippen molar-refractivity contribution >= 4 is 29.9 Å². The van der Waals surface area contributed by atoms with E-state index in [1.165, 1.54) is 0 Å². The van der Waals surface area contributed by atoms with Crippen LogP contribution in [0.15, 0.2) is 35.3 Å². The molecule has 0 saturated carbocycles. The van der Waals surface area contributed by atoms with Gasteiger partial charge in [0.05, 0.1) is 27.9 Å². The largest absolute Gasteiger partial charge is 0.493 e. The number of nitrogens with one attached hydrogen (secondary N) is 2. The maximum absolute atomic E-state index is 5.92. The van der Waals surface area contributed by atoms with Crippen LogP contribution in [0.25, 0.3) is 0 Å². The van der Waals surface area contributed by atoms with E-state index in [9.17, 15) is 0 Å². The second-order valence-electron chi connectivity index (χ2n) is 6.97. The number of ether oxygens (including phenoxy) is 5. The predicted molar refractivity (Wildman–Crippen MR) is 142 cm³/mol. The number of methoxy groups -OCH3 is 3. The Morgan fingerprint density at radius 2 is 1.55 bits per heavy atom. The minimum Gasteiger partial charge on any atom is -0.493 e. The summed E-state index contributed by atoms with van der Waals surface area (Å²) < 4.78 is 27.5. The van der Waals surface area contributed by atoms with Gasteiger partial charge in [0.25, 0.3) is 0 Å². The molecule has 0 aliphatic heterocycles. The number of nitrogens with zero attached hydrogens (tertiary/aromatic N) is 1. The van der Waals surface area contributed by atoms with Crippen LogP contribution in [0.4, 0.5) is 0 Å². The maximum Gasteiger partial charge on any atom is 0.203 e. The number of aliphatic imine (C=N–C) groups is 1. The summed E-state index contributed by atoms with van der Waals surface area (Å²) in [5.41, 5.74) is 3.16. The minimum atomic E-state index is 0. The third kappa shape index (κ3) is 8.81. The molecule has 33 heavy (non-hydrogen) atoms. The monoisotopic (exact) mass is 573 g/mol. The Morgan fingerprint density at radius 3 is 2.12 bits per heavy atom. The van der Waals surface area contributed by atoms with E-state index in [-0.39, 0.29) is 24.0 Å². The highest BCUT2D eigenvalue weighted by Crippen LogP contribution is 2.38. The maximum atomic E-state index is 5.92. The number of halogens is 1. The molecule has 2 aromatic rings. The Bertz CT molecular complexity index is 867. The number of rotatable bonds is 12. The lowest BCUT2D eigenvalue weighted by molar-refractivity contribution is 0.110. The standard InChI is InChI=1S/C24H35N3O5.HI/c1-7-31-10-11-32-20-12-17(2)8-9-19(20)16-27-24(25-3)26-15-18-13-21(28-4)23(30-6)22(14-18)29-5;/h8-9,12-14H,7,10-11,15-16H2,1-6H3,(H2,25,26,27);1H. The van der Waals surface area contributed by atoms with Crippen LogP contribution in [0.1, 0.15) is 23.6 Å². The van der Waals surface area contributed by atoms with Crippen LogP contribution in [0.5, 0.6) is 23.0 Å². The summed E-state index contributed by atoms with van der Waals surface area (Å²) in [7, 11) is 6.53. The lowest BCUT2D eigenvalue weighted by atomic mass is 10.1. The molecular weight excluding hydrogens is 537 g/mol. The van der Waals surface area contributed by atoms with Gasteiger partial charge in [0.2, 0.25) is 5.75 Å². The van der Waals surface area contributed by atoms with Crippen LogP contribution >= 0.6 is 24.0 Å². The van der Waals surface area contributed by atoms with Crippen molar-refractivity contribution in [3.63, 3.8) is 0 Å². The number of aryl methyl sites for hydroxylation is 1. The van der Waals surface area contributed by atoms with Gasteiger partial charge in [0.15, 0.2) is 17.5 Å². The zero-order valence-electron chi connectivity index (χ0n) is 20.3. The van der Waals surface area contributed by atoms with Crippen LogP contribution in [-0.4, -0.2) is 54.2 Å². The molecule has 0 amide bonds. The van der Waals surface area contributed by atoms with Gasteiger partial charge in [-0.3, -0.25) is 4.99 Å². The zero-order chi connectivity index (χ0) is 23.3. The first-order valence-electron chi connectivity index (χ1n) is 10.6. The highest BCUT2D eigenvalue weighted by atomic mass is 127. The van der Waals surface area contributed by atoms with Crippen LogP contribution in [0.2, 0.25) is 0 Å². The van der Waals surface area contributed by atoms with Crippen molar-refractivity contribution in [3.05, 3.63) is 47.0 Å². The first-order chi connectivity index (χ1) is 15.6. The fraction of sp³-hybridized carbons (Fsp3) is 0.458. The molecule has 0 bridgehead atoms. The van der Waals surface area contributed by atoms with E-state index in [1.807, 2.05) is 32.0 Å². The second-order valence-corrected chi connectivity index (χ2v) is 6.97. The molecule has 0 aliphatic rings. The van der Waals surface area contributed by atoms with E-state index in [2.05, 4.69) is 27.8 Å². The van der Waals surface area contributed by atoms with Gasteiger partial charge < -0.3 is 34.3 Å². The Kier molecular flexibility index (Phi) is 13.4. The molecule has 8 nitrogen and oxygen atoms in total. The Balaban J connectivity index is 0.00000544. The summed E-state index contributed by atoms with van der Waals surface area (Å²) >= 11 is 0. The van der Waals surface area contributed by atoms with Gasteiger partial charge in [-0.05, 0) is 43.2 Å². The molecule has 0 atom stereocenters. The van der Waals surface area contributed by atoms with E-state index < -0.39 is 0 Å². The molecule has 184 valence electrons. The molecule has 0 aromatic heterocycles. The number of guanidine groups is 1. The summed E-state index contributed by atoms with van der Waals surface area (Å²) in [6.07, 6.45) is 0. The quantitative estimate of drug-likeness (QED) is 0.173. The van der Waals surface area contributed by atoms with Crippen molar-refractivity contribution in [3.8, 4) is 23.0 Å². The molecule has 0 fully saturated rings. The van der Waals surface area contributed by atoms with E-state index in [4.69, 9.17) is 23.7 Å². The number of hydrogen-bond donors (Lipinski definition) is 2. The number of hydrogen-bond acceptors (Lipinski definition) is 6. The topological polar surface area (TPSA) is 82.6 Å². The van der Waals surface area contributed by atoms with Crippen LogP contribution < -0.4 is 29.6 Å². The molecule has 0 radical (unpaired) electrons. The van der Waals surface area contributed by atoms with Crippen molar-refractivity contribution in [2.24, 2.45) is 4.99 Å². The van der Waals surface area contributed by atoms with Crippen molar-refractivity contribution in [1.29, 1.82) is 0 Å². The molecule has 0 heterocycles. The summed E-state index contributed by atoms with van der Waals surface area (Å²) in [6.45, 7) is 6.87. The molecule has 0 unspecified atom stereocenters. The van der Waals surface area contributed by atoms with Gasteiger partial charge in [-0.15, -0.1) is 24.0 Å². The Morgan fingerprint density at radius 1 is 0.879 bits per heavy atom. The Labute approximate surface area is 214 Å². The average molecular weight is 573 g/mol. The smallest absolute Gasteiger partial charge is 0.203 e. The molecule has 9 heteroatoms. The first-order valence-corrected chi connectivity index (χ1v) is 10.6. The van der Waals surface area contributed by atoms with Crippen molar-refractivity contribution in [2.75, 3.05) is 48.2 Å². The molecular formula is C24H36IN3O5. The van der Waals surface area contributed by atoms with Crippen molar-refractivity contribution in [2.45, 2.75) is 26.9 Å². The van der Waals surface area contributed by atoms with Gasteiger partial charge in [-0.25, -0.2) is 0 Å². The zero-order valence-corrected chi connectivity index (χ0v) is 22.6.